The van der Waals surface area contributed by atoms with Crippen LogP contribution in [0.25, 0.3) is 0 Å². The van der Waals surface area contributed by atoms with Gasteiger partial charge in [0.25, 0.3) is 0 Å². The van der Waals surface area contributed by atoms with Crippen molar-refractivity contribution < 1.29 is 19.1 Å². The lowest BCUT2D eigenvalue weighted by Gasteiger charge is -2.33. The Kier molecular flexibility index (Phi) is 7.83. The lowest BCUT2D eigenvalue weighted by molar-refractivity contribution is -0.138. The van der Waals surface area contributed by atoms with E-state index < -0.39 is 6.04 Å². The highest BCUT2D eigenvalue weighted by atomic mass is 16.5. The number of nitrogens with zero attached hydrogens (tertiary/aromatic N) is 2. The number of ether oxygens (including phenoxy) is 1. The van der Waals surface area contributed by atoms with Crippen LogP contribution in [-0.4, -0.2) is 78.5 Å². The van der Waals surface area contributed by atoms with Gasteiger partial charge in [-0.15, -0.1) is 0 Å². The van der Waals surface area contributed by atoms with Gasteiger partial charge in [0.1, 0.15) is 6.04 Å². The summed E-state index contributed by atoms with van der Waals surface area (Å²) in [6, 6.07) is -0.750. The molecule has 3 unspecified atom stereocenters. The molecule has 2 heterocycles. The molecule has 0 saturated carbocycles. The molecule has 28 heavy (non-hydrogen) atoms. The monoisotopic (exact) mass is 396 g/mol. The van der Waals surface area contributed by atoms with Crippen LogP contribution >= 0.6 is 0 Å². The number of amides is 3. The molecule has 0 aromatic rings. The smallest absolute Gasteiger partial charge is 0.242 e. The molecule has 8 heteroatoms. The molecular formula is C20H36N4O4. The first-order chi connectivity index (χ1) is 13.1. The van der Waals surface area contributed by atoms with Crippen LogP contribution in [0.1, 0.15) is 53.4 Å². The number of carbonyl (C=O) groups is 3. The standard InChI is InChI=1S/C20H36N4O4/c1-14(25)23-12-15(10-17(23)19(27)22-8-7-21)24(13-16-6-5-9-28-16)18(26)11-20(2,3)4/h15-17H,5-13,21H2,1-4H3,(H,22,27). The Morgan fingerprint density at radius 1 is 1.29 bits per heavy atom. The van der Waals surface area contributed by atoms with Gasteiger partial charge in [-0.2, -0.15) is 0 Å². The van der Waals surface area contributed by atoms with Gasteiger partial charge in [0, 0.05) is 46.1 Å². The minimum Gasteiger partial charge on any atom is -0.376 e. The molecule has 2 aliphatic rings. The molecule has 0 radical (unpaired) electrons. The minimum atomic E-state index is -0.566. The Balaban J connectivity index is 2.17. The van der Waals surface area contributed by atoms with Crippen LogP contribution in [0.15, 0.2) is 0 Å². The third-order valence-electron chi connectivity index (χ3n) is 5.30. The molecule has 0 aliphatic carbocycles. The van der Waals surface area contributed by atoms with E-state index in [9.17, 15) is 14.4 Å². The van der Waals surface area contributed by atoms with E-state index in [1.54, 1.807) is 4.90 Å². The predicted octanol–water partition coefficient (Wildman–Crippen LogP) is 0.495. The minimum absolute atomic E-state index is 0.0276. The first-order valence-electron chi connectivity index (χ1n) is 10.3. The average Bonchev–Trinajstić information content (AvgIpc) is 3.25. The van der Waals surface area contributed by atoms with Crippen molar-refractivity contribution in [3.63, 3.8) is 0 Å². The van der Waals surface area contributed by atoms with Gasteiger partial charge < -0.3 is 25.6 Å². The zero-order valence-corrected chi connectivity index (χ0v) is 17.7. The molecule has 0 bridgehead atoms. The van der Waals surface area contributed by atoms with Gasteiger partial charge in [-0.25, -0.2) is 0 Å². The first-order valence-corrected chi connectivity index (χ1v) is 10.3. The van der Waals surface area contributed by atoms with Crippen LogP contribution in [0.3, 0.4) is 0 Å². The summed E-state index contributed by atoms with van der Waals surface area (Å²) < 4.78 is 5.76. The number of hydrogen-bond donors (Lipinski definition) is 2. The van der Waals surface area contributed by atoms with Crippen LogP contribution in [0.2, 0.25) is 0 Å². The van der Waals surface area contributed by atoms with Crippen molar-refractivity contribution in [2.24, 2.45) is 11.1 Å². The average molecular weight is 397 g/mol. The van der Waals surface area contributed by atoms with Crippen LogP contribution < -0.4 is 11.1 Å². The largest absolute Gasteiger partial charge is 0.376 e. The van der Waals surface area contributed by atoms with Crippen molar-refractivity contribution in [3.8, 4) is 0 Å². The lowest BCUT2D eigenvalue weighted by Crippen LogP contribution is -2.47. The summed E-state index contributed by atoms with van der Waals surface area (Å²) in [5, 5.41) is 2.77. The predicted molar refractivity (Wildman–Crippen MR) is 106 cm³/mol. The molecule has 2 fully saturated rings. The number of likely N-dealkylation sites (tertiary alicyclic amines) is 1. The topological polar surface area (TPSA) is 105 Å². The van der Waals surface area contributed by atoms with Gasteiger partial charge in [0.15, 0.2) is 0 Å². The summed E-state index contributed by atoms with van der Waals surface area (Å²) >= 11 is 0. The van der Waals surface area contributed by atoms with Crippen molar-refractivity contribution >= 4 is 17.7 Å². The molecule has 2 saturated heterocycles. The Bertz CT molecular complexity index is 569. The summed E-state index contributed by atoms with van der Waals surface area (Å²) in [5.74, 6) is -0.307. The summed E-state index contributed by atoms with van der Waals surface area (Å²) in [6.45, 7) is 9.90. The quantitative estimate of drug-likeness (QED) is 0.652. The zero-order chi connectivity index (χ0) is 20.9. The normalized spacial score (nSPS) is 25.0. The van der Waals surface area contributed by atoms with E-state index in [4.69, 9.17) is 10.5 Å². The summed E-state index contributed by atoms with van der Waals surface area (Å²) in [5.41, 5.74) is 5.34. The Morgan fingerprint density at radius 2 is 2.00 bits per heavy atom. The first kappa shape index (κ1) is 22.6. The van der Waals surface area contributed by atoms with E-state index >= 15 is 0 Å². The maximum absolute atomic E-state index is 13.1. The number of nitrogens with one attached hydrogen (secondary N) is 1. The van der Waals surface area contributed by atoms with Gasteiger partial charge in [0.2, 0.25) is 17.7 Å². The van der Waals surface area contributed by atoms with E-state index in [0.29, 0.717) is 39.0 Å². The van der Waals surface area contributed by atoms with Crippen molar-refractivity contribution in [3.05, 3.63) is 0 Å². The molecule has 8 nitrogen and oxygen atoms in total. The molecule has 0 spiro atoms. The Morgan fingerprint density at radius 3 is 2.54 bits per heavy atom. The molecule has 3 N–H and O–H groups in total. The van der Waals surface area contributed by atoms with Crippen molar-refractivity contribution in [1.29, 1.82) is 0 Å². The van der Waals surface area contributed by atoms with Gasteiger partial charge >= 0.3 is 0 Å². The highest BCUT2D eigenvalue weighted by molar-refractivity contribution is 5.88. The Labute approximate surface area is 168 Å². The highest BCUT2D eigenvalue weighted by Crippen LogP contribution is 2.28. The summed E-state index contributed by atoms with van der Waals surface area (Å²) in [7, 11) is 0. The van der Waals surface area contributed by atoms with Gasteiger partial charge in [-0.3, -0.25) is 14.4 Å². The Hall–Kier alpha value is -1.67. The molecule has 0 aromatic carbocycles. The molecular weight excluding hydrogens is 360 g/mol. The molecule has 160 valence electrons. The third kappa shape index (κ3) is 6.17. The highest BCUT2D eigenvalue weighted by Gasteiger charge is 2.42. The van der Waals surface area contributed by atoms with E-state index in [0.717, 1.165) is 19.4 Å². The third-order valence-corrected chi connectivity index (χ3v) is 5.30. The van der Waals surface area contributed by atoms with Gasteiger partial charge in [-0.05, 0) is 24.7 Å². The van der Waals surface area contributed by atoms with Crippen molar-refractivity contribution in [1.82, 2.24) is 15.1 Å². The maximum Gasteiger partial charge on any atom is 0.242 e. The molecule has 3 amide bonds. The van der Waals surface area contributed by atoms with Crippen LogP contribution in [0.5, 0.6) is 0 Å². The van der Waals surface area contributed by atoms with E-state index in [1.165, 1.54) is 6.92 Å². The van der Waals surface area contributed by atoms with Crippen molar-refractivity contribution in [2.45, 2.75) is 71.6 Å². The molecule has 2 rings (SSSR count). The fourth-order valence-electron chi connectivity index (χ4n) is 3.97. The number of nitrogens with two attached hydrogens (primary N) is 1. The number of carbonyl (C=O) groups excluding carboxylic acids is 3. The maximum atomic E-state index is 13.1. The van der Waals surface area contributed by atoms with Crippen LogP contribution in [-0.2, 0) is 19.1 Å². The summed E-state index contributed by atoms with van der Waals surface area (Å²) in [6.07, 6.45) is 2.82. The SMILES string of the molecule is CC(=O)N1CC(N(CC2CCCO2)C(=O)CC(C)(C)C)CC1C(=O)NCCN. The molecule has 2 aliphatic heterocycles. The van der Waals surface area contributed by atoms with E-state index in [2.05, 4.69) is 5.32 Å². The van der Waals surface area contributed by atoms with E-state index in [-0.39, 0.29) is 35.3 Å². The number of hydrogen-bond acceptors (Lipinski definition) is 5. The van der Waals surface area contributed by atoms with Crippen LogP contribution in [0.4, 0.5) is 0 Å². The molecule has 3 atom stereocenters. The van der Waals surface area contributed by atoms with Crippen LogP contribution in [0, 0.1) is 5.41 Å². The fourth-order valence-corrected chi connectivity index (χ4v) is 3.97. The molecule has 0 aromatic heterocycles. The second kappa shape index (κ2) is 9.69. The summed E-state index contributed by atoms with van der Waals surface area (Å²) in [4.78, 5) is 41.2. The zero-order valence-electron chi connectivity index (χ0n) is 17.7. The second-order valence-corrected chi connectivity index (χ2v) is 9.07. The second-order valence-electron chi connectivity index (χ2n) is 9.07. The van der Waals surface area contributed by atoms with Crippen molar-refractivity contribution in [2.75, 3.05) is 32.8 Å². The fraction of sp³-hybridized carbons (Fsp3) is 0.850. The number of rotatable bonds is 7. The lowest BCUT2D eigenvalue weighted by atomic mass is 9.91. The van der Waals surface area contributed by atoms with E-state index in [1.807, 2.05) is 25.7 Å². The van der Waals surface area contributed by atoms with Gasteiger partial charge in [-0.1, -0.05) is 20.8 Å². The van der Waals surface area contributed by atoms with Gasteiger partial charge in [0.05, 0.1) is 12.1 Å².